The van der Waals surface area contributed by atoms with Crippen LogP contribution < -0.4 is 10.1 Å². The zero-order valence-electron chi connectivity index (χ0n) is 14.7. The lowest BCUT2D eigenvalue weighted by molar-refractivity contribution is 0.306. The molecule has 0 aromatic heterocycles. The molecule has 0 heterocycles. The first-order valence-electron chi connectivity index (χ1n) is 8.81. The van der Waals surface area contributed by atoms with Crippen molar-refractivity contribution in [2.75, 3.05) is 6.54 Å². The topological polar surface area (TPSA) is 21.3 Å². The zero-order chi connectivity index (χ0) is 17.3. The molecule has 25 heavy (non-hydrogen) atoms. The fourth-order valence-corrected chi connectivity index (χ4v) is 2.78. The standard InChI is InChI=1S/C23H25NO/c1-19-6-5-9-22(16-19)18-25-23-12-10-21(11-13-23)17-24-15-14-20-7-3-2-4-8-20/h2-13,16,24H,14-15,17-18H2,1H3. The summed E-state index contributed by atoms with van der Waals surface area (Å²) in [6.07, 6.45) is 1.05. The molecule has 0 fully saturated rings. The molecule has 0 spiro atoms. The molecule has 0 aliphatic carbocycles. The molecule has 3 aromatic rings. The maximum Gasteiger partial charge on any atom is 0.119 e. The van der Waals surface area contributed by atoms with Crippen LogP contribution in [0.2, 0.25) is 0 Å². The Labute approximate surface area is 150 Å². The van der Waals surface area contributed by atoms with Crippen molar-refractivity contribution < 1.29 is 4.74 Å². The molecular formula is C23H25NO. The zero-order valence-corrected chi connectivity index (χ0v) is 14.7. The van der Waals surface area contributed by atoms with E-state index in [1.54, 1.807) is 0 Å². The van der Waals surface area contributed by atoms with E-state index in [2.05, 4.69) is 79.0 Å². The van der Waals surface area contributed by atoms with E-state index >= 15 is 0 Å². The molecule has 1 N–H and O–H groups in total. The summed E-state index contributed by atoms with van der Waals surface area (Å²) in [4.78, 5) is 0. The smallest absolute Gasteiger partial charge is 0.119 e. The van der Waals surface area contributed by atoms with E-state index in [9.17, 15) is 0 Å². The van der Waals surface area contributed by atoms with Crippen molar-refractivity contribution in [2.24, 2.45) is 0 Å². The number of aryl methyl sites for hydroxylation is 1. The number of nitrogens with one attached hydrogen (secondary N) is 1. The molecule has 0 atom stereocenters. The predicted molar refractivity (Wildman–Crippen MR) is 104 cm³/mol. The minimum absolute atomic E-state index is 0.607. The van der Waals surface area contributed by atoms with Gasteiger partial charge in [-0.25, -0.2) is 0 Å². The summed E-state index contributed by atoms with van der Waals surface area (Å²) in [6.45, 7) is 4.57. The number of rotatable bonds is 8. The van der Waals surface area contributed by atoms with Crippen LogP contribution in [0.1, 0.15) is 22.3 Å². The fourth-order valence-electron chi connectivity index (χ4n) is 2.78. The van der Waals surface area contributed by atoms with Crippen molar-refractivity contribution >= 4 is 0 Å². The van der Waals surface area contributed by atoms with Crippen LogP contribution in [0, 0.1) is 6.92 Å². The molecule has 0 amide bonds. The van der Waals surface area contributed by atoms with Crippen LogP contribution in [-0.2, 0) is 19.6 Å². The van der Waals surface area contributed by atoms with Crippen molar-refractivity contribution in [3.63, 3.8) is 0 Å². The first kappa shape index (κ1) is 17.2. The first-order chi connectivity index (χ1) is 12.3. The SMILES string of the molecule is Cc1cccc(COc2ccc(CNCCc3ccccc3)cc2)c1. The van der Waals surface area contributed by atoms with Crippen molar-refractivity contribution in [1.29, 1.82) is 0 Å². The van der Waals surface area contributed by atoms with E-state index in [1.165, 1.54) is 22.3 Å². The third-order valence-corrected chi connectivity index (χ3v) is 4.17. The molecule has 0 aliphatic rings. The summed E-state index contributed by atoms with van der Waals surface area (Å²) in [5.74, 6) is 0.912. The van der Waals surface area contributed by atoms with Crippen molar-refractivity contribution in [2.45, 2.75) is 26.5 Å². The van der Waals surface area contributed by atoms with Crippen LogP contribution in [0.3, 0.4) is 0 Å². The highest BCUT2D eigenvalue weighted by molar-refractivity contribution is 5.28. The molecular weight excluding hydrogens is 306 g/mol. The molecule has 0 bridgehead atoms. The summed E-state index contributed by atoms with van der Waals surface area (Å²) in [7, 11) is 0. The van der Waals surface area contributed by atoms with Gasteiger partial charge in [-0.1, -0.05) is 72.3 Å². The average molecular weight is 331 g/mol. The van der Waals surface area contributed by atoms with Gasteiger partial charge < -0.3 is 10.1 Å². The highest BCUT2D eigenvalue weighted by Crippen LogP contribution is 2.15. The molecule has 2 nitrogen and oxygen atoms in total. The van der Waals surface area contributed by atoms with Crippen molar-refractivity contribution in [1.82, 2.24) is 5.32 Å². The van der Waals surface area contributed by atoms with Crippen LogP contribution >= 0.6 is 0 Å². The molecule has 128 valence electrons. The Morgan fingerprint density at radius 1 is 0.760 bits per heavy atom. The number of benzene rings is 3. The summed E-state index contributed by atoms with van der Waals surface area (Å²) < 4.78 is 5.87. The molecule has 0 unspecified atom stereocenters. The van der Waals surface area contributed by atoms with Crippen molar-refractivity contribution in [3.05, 3.63) is 101 Å². The fraction of sp³-hybridized carbons (Fsp3) is 0.217. The Morgan fingerprint density at radius 3 is 2.28 bits per heavy atom. The van der Waals surface area contributed by atoms with E-state index < -0.39 is 0 Å². The Balaban J connectivity index is 1.41. The summed E-state index contributed by atoms with van der Waals surface area (Å²) in [5.41, 5.74) is 5.11. The lowest BCUT2D eigenvalue weighted by atomic mass is 10.1. The molecule has 0 aliphatic heterocycles. The molecule has 0 radical (unpaired) electrons. The maximum atomic E-state index is 5.87. The second-order valence-corrected chi connectivity index (χ2v) is 6.33. The van der Waals surface area contributed by atoms with Gasteiger partial charge in [0.2, 0.25) is 0 Å². The van der Waals surface area contributed by atoms with Gasteiger partial charge >= 0.3 is 0 Å². The van der Waals surface area contributed by atoms with Crippen molar-refractivity contribution in [3.8, 4) is 5.75 Å². The molecule has 3 rings (SSSR count). The molecule has 3 aromatic carbocycles. The van der Waals surface area contributed by atoms with Gasteiger partial charge in [0.05, 0.1) is 0 Å². The van der Waals surface area contributed by atoms with Gasteiger partial charge in [-0.2, -0.15) is 0 Å². The van der Waals surface area contributed by atoms with Gasteiger partial charge in [0.15, 0.2) is 0 Å². The van der Waals surface area contributed by atoms with Crippen LogP contribution in [0.25, 0.3) is 0 Å². The van der Waals surface area contributed by atoms with Gasteiger partial charge in [0.25, 0.3) is 0 Å². The number of hydrogen-bond donors (Lipinski definition) is 1. The monoisotopic (exact) mass is 331 g/mol. The summed E-state index contributed by atoms with van der Waals surface area (Å²) >= 11 is 0. The lowest BCUT2D eigenvalue weighted by Crippen LogP contribution is -2.16. The van der Waals surface area contributed by atoms with E-state index in [-0.39, 0.29) is 0 Å². The quantitative estimate of drug-likeness (QED) is 0.592. The summed E-state index contributed by atoms with van der Waals surface area (Å²) in [6, 6.07) is 27.3. The number of hydrogen-bond acceptors (Lipinski definition) is 2. The van der Waals surface area contributed by atoms with E-state index in [1.807, 2.05) is 12.1 Å². The number of ether oxygens (including phenoxy) is 1. The van der Waals surface area contributed by atoms with Gasteiger partial charge in [-0.15, -0.1) is 0 Å². The van der Waals surface area contributed by atoms with Gasteiger partial charge in [0.1, 0.15) is 12.4 Å². The van der Waals surface area contributed by atoms with E-state index in [4.69, 9.17) is 4.74 Å². The summed E-state index contributed by atoms with van der Waals surface area (Å²) in [5, 5.41) is 3.49. The highest BCUT2D eigenvalue weighted by Gasteiger charge is 1.98. The predicted octanol–water partition coefficient (Wildman–Crippen LogP) is 4.91. The van der Waals surface area contributed by atoms with E-state index in [0.29, 0.717) is 6.61 Å². The van der Waals surface area contributed by atoms with Gasteiger partial charge in [-0.3, -0.25) is 0 Å². The molecule has 2 heteroatoms. The third-order valence-electron chi connectivity index (χ3n) is 4.17. The van der Waals surface area contributed by atoms with Crippen LogP contribution in [0.15, 0.2) is 78.9 Å². The van der Waals surface area contributed by atoms with Crippen LogP contribution in [0.4, 0.5) is 0 Å². The first-order valence-corrected chi connectivity index (χ1v) is 8.81. The lowest BCUT2D eigenvalue weighted by Gasteiger charge is -2.09. The highest BCUT2D eigenvalue weighted by atomic mass is 16.5. The minimum atomic E-state index is 0.607. The van der Waals surface area contributed by atoms with Crippen LogP contribution in [-0.4, -0.2) is 6.54 Å². The normalized spacial score (nSPS) is 10.6. The second kappa shape index (κ2) is 9.05. The average Bonchev–Trinajstić information content (AvgIpc) is 2.65. The molecule has 0 saturated heterocycles. The second-order valence-electron chi connectivity index (χ2n) is 6.33. The largest absolute Gasteiger partial charge is 0.489 e. The van der Waals surface area contributed by atoms with Gasteiger partial charge in [-0.05, 0) is 48.7 Å². The Kier molecular flexibility index (Phi) is 6.24. The Bertz CT molecular complexity index is 766. The van der Waals surface area contributed by atoms with E-state index in [0.717, 1.165) is 25.3 Å². The maximum absolute atomic E-state index is 5.87. The third kappa shape index (κ3) is 5.77. The Hall–Kier alpha value is -2.58. The minimum Gasteiger partial charge on any atom is -0.489 e. The van der Waals surface area contributed by atoms with Crippen LogP contribution in [0.5, 0.6) is 5.75 Å². The Morgan fingerprint density at radius 2 is 1.52 bits per heavy atom. The van der Waals surface area contributed by atoms with Gasteiger partial charge in [0, 0.05) is 6.54 Å². The molecule has 0 saturated carbocycles.